The van der Waals surface area contributed by atoms with Crippen LogP contribution in [0.4, 0.5) is 23.1 Å². The second-order valence-electron chi connectivity index (χ2n) is 7.27. The molecular formula is C23H29N5O. The quantitative estimate of drug-likeness (QED) is 0.575. The summed E-state index contributed by atoms with van der Waals surface area (Å²) in [5.41, 5.74) is 3.11. The van der Waals surface area contributed by atoms with E-state index in [0.29, 0.717) is 5.95 Å². The summed E-state index contributed by atoms with van der Waals surface area (Å²) < 4.78 is 5.74. The number of nitrogens with zero attached hydrogens (tertiary/aromatic N) is 3. The fourth-order valence-electron chi connectivity index (χ4n) is 3.76. The van der Waals surface area contributed by atoms with Crippen LogP contribution in [-0.4, -0.2) is 42.3 Å². The van der Waals surface area contributed by atoms with Crippen molar-refractivity contribution >= 4 is 34.0 Å². The molecule has 1 aliphatic rings. The fourth-order valence-corrected chi connectivity index (χ4v) is 3.76. The predicted octanol–water partition coefficient (Wildman–Crippen LogP) is 4.81. The molecule has 2 N–H and O–H groups in total. The first-order chi connectivity index (χ1) is 14.3. The van der Waals surface area contributed by atoms with Crippen molar-refractivity contribution in [3.05, 3.63) is 48.5 Å². The van der Waals surface area contributed by atoms with Gasteiger partial charge in [-0.25, -0.2) is 4.98 Å². The molecule has 0 amide bonds. The normalized spacial score (nSPS) is 16.1. The van der Waals surface area contributed by atoms with Gasteiger partial charge in [0.25, 0.3) is 0 Å². The molecule has 0 aliphatic carbocycles. The van der Waals surface area contributed by atoms with Gasteiger partial charge in [-0.15, -0.1) is 0 Å². The van der Waals surface area contributed by atoms with Gasteiger partial charge in [-0.2, -0.15) is 4.98 Å². The molecule has 1 fully saturated rings. The molecule has 0 spiro atoms. The summed E-state index contributed by atoms with van der Waals surface area (Å²) in [5.74, 6) is 1.43. The molecule has 6 nitrogen and oxygen atoms in total. The molecule has 2 heterocycles. The molecule has 1 aromatic heterocycles. The predicted molar refractivity (Wildman–Crippen MR) is 120 cm³/mol. The highest BCUT2D eigenvalue weighted by Gasteiger charge is 2.16. The standard InChI is InChI=1S/C23H29N5O/c1-3-28(4-2)18-13-11-17(12-14-18)25-23-26-21-10-6-5-9-20(21)22(27-23)24-16-19-8-7-15-29-19/h5-6,9-14,19H,3-4,7-8,15-16H2,1-2H3,(H2,24,25,26,27). The third kappa shape index (κ3) is 4.59. The van der Waals surface area contributed by atoms with E-state index in [0.717, 1.165) is 61.5 Å². The number of hydrogen-bond donors (Lipinski definition) is 2. The van der Waals surface area contributed by atoms with E-state index in [1.165, 1.54) is 5.69 Å². The van der Waals surface area contributed by atoms with Crippen molar-refractivity contribution in [3.63, 3.8) is 0 Å². The van der Waals surface area contributed by atoms with Crippen LogP contribution < -0.4 is 15.5 Å². The monoisotopic (exact) mass is 391 g/mol. The Bertz CT molecular complexity index is 934. The molecule has 1 aliphatic heterocycles. The third-order valence-corrected chi connectivity index (χ3v) is 5.38. The summed E-state index contributed by atoms with van der Waals surface area (Å²) in [7, 11) is 0. The zero-order valence-corrected chi connectivity index (χ0v) is 17.2. The number of rotatable bonds is 8. The first-order valence-electron chi connectivity index (χ1n) is 10.5. The third-order valence-electron chi connectivity index (χ3n) is 5.38. The maximum Gasteiger partial charge on any atom is 0.229 e. The summed E-state index contributed by atoms with van der Waals surface area (Å²) in [6, 6.07) is 16.5. The van der Waals surface area contributed by atoms with Crippen LogP contribution in [0.25, 0.3) is 10.9 Å². The van der Waals surface area contributed by atoms with Crippen molar-refractivity contribution in [1.82, 2.24) is 9.97 Å². The summed E-state index contributed by atoms with van der Waals surface area (Å²) in [4.78, 5) is 11.8. The van der Waals surface area contributed by atoms with Gasteiger partial charge in [0, 0.05) is 43.0 Å². The molecule has 29 heavy (non-hydrogen) atoms. The summed E-state index contributed by atoms with van der Waals surface area (Å²) in [5, 5.41) is 7.85. The van der Waals surface area contributed by atoms with E-state index in [1.807, 2.05) is 18.2 Å². The van der Waals surface area contributed by atoms with Crippen molar-refractivity contribution in [2.45, 2.75) is 32.8 Å². The van der Waals surface area contributed by atoms with Crippen LogP contribution in [0.5, 0.6) is 0 Å². The zero-order valence-electron chi connectivity index (χ0n) is 17.2. The number of ether oxygens (including phenoxy) is 1. The van der Waals surface area contributed by atoms with Crippen molar-refractivity contribution in [1.29, 1.82) is 0 Å². The van der Waals surface area contributed by atoms with Crippen LogP contribution in [0.15, 0.2) is 48.5 Å². The number of benzene rings is 2. The molecule has 0 saturated carbocycles. The maximum atomic E-state index is 5.74. The van der Waals surface area contributed by atoms with Gasteiger partial charge in [0.05, 0.1) is 11.6 Å². The SMILES string of the molecule is CCN(CC)c1ccc(Nc2nc(NCC3CCCO3)c3ccccc3n2)cc1. The highest BCUT2D eigenvalue weighted by molar-refractivity contribution is 5.90. The zero-order chi connectivity index (χ0) is 20.1. The molecule has 0 radical (unpaired) electrons. The number of nitrogens with one attached hydrogen (secondary N) is 2. The number of anilines is 4. The second-order valence-corrected chi connectivity index (χ2v) is 7.27. The molecule has 1 saturated heterocycles. The van der Waals surface area contributed by atoms with Gasteiger partial charge in [0.1, 0.15) is 5.82 Å². The lowest BCUT2D eigenvalue weighted by atomic mass is 10.2. The Hall–Kier alpha value is -2.86. The fraction of sp³-hybridized carbons (Fsp3) is 0.391. The molecule has 4 rings (SSSR count). The first kappa shape index (κ1) is 19.5. The summed E-state index contributed by atoms with van der Waals surface area (Å²) in [6.07, 6.45) is 2.49. The highest BCUT2D eigenvalue weighted by Crippen LogP contribution is 2.25. The Morgan fingerprint density at radius 3 is 2.55 bits per heavy atom. The Kier molecular flexibility index (Phi) is 6.10. The first-order valence-corrected chi connectivity index (χ1v) is 10.5. The Morgan fingerprint density at radius 2 is 1.83 bits per heavy atom. The van der Waals surface area contributed by atoms with Crippen LogP contribution in [0.3, 0.4) is 0 Å². The van der Waals surface area contributed by atoms with Gasteiger partial charge in [0.15, 0.2) is 0 Å². The lowest BCUT2D eigenvalue weighted by Crippen LogP contribution is -2.21. The van der Waals surface area contributed by atoms with Crippen molar-refractivity contribution in [2.24, 2.45) is 0 Å². The van der Waals surface area contributed by atoms with Crippen LogP contribution in [-0.2, 0) is 4.74 Å². The molecule has 2 aromatic carbocycles. The Labute approximate surface area is 172 Å². The van der Waals surface area contributed by atoms with E-state index in [4.69, 9.17) is 14.7 Å². The van der Waals surface area contributed by atoms with Crippen LogP contribution in [0.1, 0.15) is 26.7 Å². The molecule has 3 aromatic rings. The van der Waals surface area contributed by atoms with Gasteiger partial charge in [-0.1, -0.05) is 12.1 Å². The number of aromatic nitrogens is 2. The lowest BCUT2D eigenvalue weighted by molar-refractivity contribution is 0.120. The maximum absolute atomic E-state index is 5.74. The average molecular weight is 392 g/mol. The van der Waals surface area contributed by atoms with Crippen molar-refractivity contribution in [3.8, 4) is 0 Å². The van der Waals surface area contributed by atoms with Gasteiger partial charge in [-0.3, -0.25) is 0 Å². The van der Waals surface area contributed by atoms with Crippen molar-refractivity contribution < 1.29 is 4.74 Å². The summed E-state index contributed by atoms with van der Waals surface area (Å²) >= 11 is 0. The second kappa shape index (κ2) is 9.09. The largest absolute Gasteiger partial charge is 0.376 e. The van der Waals surface area contributed by atoms with Gasteiger partial charge in [0.2, 0.25) is 5.95 Å². The van der Waals surface area contributed by atoms with Gasteiger partial charge >= 0.3 is 0 Å². The average Bonchev–Trinajstić information content (AvgIpc) is 3.28. The van der Waals surface area contributed by atoms with Crippen LogP contribution >= 0.6 is 0 Å². The minimum Gasteiger partial charge on any atom is -0.376 e. The minimum absolute atomic E-state index is 0.257. The smallest absolute Gasteiger partial charge is 0.229 e. The van der Waals surface area contributed by atoms with E-state index in [2.05, 4.69) is 59.7 Å². The molecule has 6 heteroatoms. The van der Waals surface area contributed by atoms with E-state index in [-0.39, 0.29) is 6.10 Å². The topological polar surface area (TPSA) is 62.3 Å². The van der Waals surface area contributed by atoms with Gasteiger partial charge in [-0.05, 0) is 63.1 Å². The van der Waals surface area contributed by atoms with Gasteiger partial charge < -0.3 is 20.3 Å². The van der Waals surface area contributed by atoms with E-state index < -0.39 is 0 Å². The number of para-hydroxylation sites is 1. The van der Waals surface area contributed by atoms with Crippen LogP contribution in [0.2, 0.25) is 0 Å². The van der Waals surface area contributed by atoms with E-state index >= 15 is 0 Å². The molecular weight excluding hydrogens is 362 g/mol. The van der Waals surface area contributed by atoms with E-state index in [9.17, 15) is 0 Å². The molecule has 1 unspecified atom stereocenters. The highest BCUT2D eigenvalue weighted by atomic mass is 16.5. The molecule has 152 valence electrons. The van der Waals surface area contributed by atoms with E-state index in [1.54, 1.807) is 0 Å². The molecule has 1 atom stereocenters. The summed E-state index contributed by atoms with van der Waals surface area (Å²) in [6.45, 7) is 7.95. The Balaban J connectivity index is 1.55. The number of hydrogen-bond acceptors (Lipinski definition) is 6. The number of fused-ring (bicyclic) bond motifs is 1. The molecule has 0 bridgehead atoms. The Morgan fingerprint density at radius 1 is 1.03 bits per heavy atom. The minimum atomic E-state index is 0.257. The van der Waals surface area contributed by atoms with Crippen molar-refractivity contribution in [2.75, 3.05) is 41.8 Å². The van der Waals surface area contributed by atoms with Crippen LogP contribution in [0, 0.1) is 0 Å². The lowest BCUT2D eigenvalue weighted by Gasteiger charge is -2.21.